The molecule has 1 unspecified atom stereocenters. The average molecular weight is 247 g/mol. The molecule has 0 bridgehead atoms. The maximum Gasteiger partial charge on any atom is 0.212 e. The Morgan fingerprint density at radius 1 is 1.39 bits per heavy atom. The number of pyridine rings is 1. The van der Waals surface area contributed by atoms with Gasteiger partial charge in [0.1, 0.15) is 6.10 Å². The third kappa shape index (κ3) is 2.51. The van der Waals surface area contributed by atoms with Crippen LogP contribution in [-0.2, 0) is 6.54 Å². The van der Waals surface area contributed by atoms with Crippen LogP contribution in [0.5, 0.6) is 5.88 Å². The second-order valence-corrected chi connectivity index (χ2v) is 4.02. The summed E-state index contributed by atoms with van der Waals surface area (Å²) in [5.41, 5.74) is 1.51. The fourth-order valence-corrected chi connectivity index (χ4v) is 1.82. The minimum atomic E-state index is -0.711. The number of hydrogen-bond acceptors (Lipinski definition) is 4. The van der Waals surface area contributed by atoms with Gasteiger partial charge in [-0.15, -0.1) is 0 Å². The smallest absolute Gasteiger partial charge is 0.212 e. The second kappa shape index (κ2) is 5.64. The minimum Gasteiger partial charge on any atom is -0.481 e. The number of rotatable bonds is 5. The van der Waals surface area contributed by atoms with Crippen LogP contribution >= 0.6 is 0 Å². The molecule has 96 valence electrons. The number of methoxy groups -OCH3 is 1. The van der Waals surface area contributed by atoms with E-state index in [0.29, 0.717) is 5.88 Å². The highest BCUT2D eigenvalue weighted by Gasteiger charge is 2.15. The summed E-state index contributed by atoms with van der Waals surface area (Å²) in [4.78, 5) is 4.09. The molecule has 0 aliphatic rings. The first kappa shape index (κ1) is 12.6. The third-order valence-electron chi connectivity index (χ3n) is 2.75. The van der Waals surface area contributed by atoms with Crippen LogP contribution in [0.25, 0.3) is 0 Å². The molecule has 5 nitrogen and oxygen atoms in total. The van der Waals surface area contributed by atoms with Crippen molar-refractivity contribution >= 4 is 0 Å². The molecule has 0 aromatic carbocycles. The Morgan fingerprint density at radius 3 is 2.83 bits per heavy atom. The maximum absolute atomic E-state index is 10.3. The van der Waals surface area contributed by atoms with Crippen molar-refractivity contribution in [3.05, 3.63) is 41.9 Å². The summed E-state index contributed by atoms with van der Waals surface area (Å²) in [7, 11) is 1.56. The molecule has 18 heavy (non-hydrogen) atoms. The molecule has 2 heterocycles. The van der Waals surface area contributed by atoms with Gasteiger partial charge in [-0.05, 0) is 18.6 Å². The monoisotopic (exact) mass is 247 g/mol. The van der Waals surface area contributed by atoms with Crippen LogP contribution < -0.4 is 4.74 Å². The average Bonchev–Trinajstić information content (AvgIpc) is 2.87. The number of ether oxygens (including phenoxy) is 1. The van der Waals surface area contributed by atoms with Crippen LogP contribution in [0.4, 0.5) is 0 Å². The van der Waals surface area contributed by atoms with Gasteiger partial charge in [-0.2, -0.15) is 5.10 Å². The quantitative estimate of drug-likeness (QED) is 0.875. The minimum absolute atomic E-state index is 0.535. The Bertz CT molecular complexity index is 493. The lowest BCUT2D eigenvalue weighted by molar-refractivity contribution is 0.206. The molecule has 1 N–H and O–H groups in total. The van der Waals surface area contributed by atoms with Crippen LogP contribution in [0, 0.1) is 0 Å². The molecule has 0 saturated carbocycles. The van der Waals surface area contributed by atoms with E-state index >= 15 is 0 Å². The lowest BCUT2D eigenvalue weighted by Gasteiger charge is -2.13. The van der Waals surface area contributed by atoms with E-state index in [1.165, 1.54) is 0 Å². The van der Waals surface area contributed by atoms with E-state index in [1.807, 2.05) is 10.7 Å². The fourth-order valence-electron chi connectivity index (χ4n) is 1.82. The van der Waals surface area contributed by atoms with Gasteiger partial charge in [0.25, 0.3) is 0 Å². The summed E-state index contributed by atoms with van der Waals surface area (Å²) >= 11 is 0. The number of nitrogens with zero attached hydrogens (tertiary/aromatic N) is 3. The third-order valence-corrected chi connectivity index (χ3v) is 2.75. The van der Waals surface area contributed by atoms with E-state index in [1.54, 1.807) is 31.6 Å². The molecule has 2 rings (SSSR count). The van der Waals surface area contributed by atoms with E-state index < -0.39 is 6.10 Å². The molecule has 0 radical (unpaired) electrons. The highest BCUT2D eigenvalue weighted by molar-refractivity contribution is 5.25. The predicted molar refractivity (Wildman–Crippen MR) is 67.4 cm³/mol. The SMILES string of the molecule is CCCn1nccc1C(O)c1ccc(OC)nc1. The first-order valence-electron chi connectivity index (χ1n) is 5.96. The van der Waals surface area contributed by atoms with Gasteiger partial charge in [0, 0.05) is 30.6 Å². The number of aliphatic hydroxyl groups is 1. The first-order chi connectivity index (χ1) is 8.76. The summed E-state index contributed by atoms with van der Waals surface area (Å²) in [5, 5.41) is 14.5. The zero-order chi connectivity index (χ0) is 13.0. The van der Waals surface area contributed by atoms with Crippen molar-refractivity contribution in [3.8, 4) is 5.88 Å². The maximum atomic E-state index is 10.3. The Labute approximate surface area is 106 Å². The lowest BCUT2D eigenvalue weighted by Crippen LogP contribution is -2.10. The van der Waals surface area contributed by atoms with E-state index in [4.69, 9.17) is 4.74 Å². The standard InChI is InChI=1S/C13H17N3O2/c1-3-8-16-11(6-7-15-16)13(17)10-4-5-12(18-2)14-9-10/h4-7,9,13,17H,3,8H2,1-2H3. The molecular formula is C13H17N3O2. The molecular weight excluding hydrogens is 230 g/mol. The molecule has 0 saturated heterocycles. The molecule has 2 aromatic heterocycles. The molecule has 0 fully saturated rings. The van der Waals surface area contributed by atoms with Gasteiger partial charge in [-0.1, -0.05) is 6.92 Å². The molecule has 0 amide bonds. The van der Waals surface area contributed by atoms with E-state index in [-0.39, 0.29) is 0 Å². The summed E-state index contributed by atoms with van der Waals surface area (Å²) in [6, 6.07) is 5.36. The van der Waals surface area contributed by atoms with Crippen molar-refractivity contribution in [1.82, 2.24) is 14.8 Å². The molecule has 0 aliphatic heterocycles. The van der Waals surface area contributed by atoms with Crippen LogP contribution in [0.3, 0.4) is 0 Å². The van der Waals surface area contributed by atoms with E-state index in [9.17, 15) is 5.11 Å². The summed E-state index contributed by atoms with van der Waals surface area (Å²) in [6.07, 6.45) is 3.58. The second-order valence-electron chi connectivity index (χ2n) is 4.02. The number of aliphatic hydroxyl groups excluding tert-OH is 1. The zero-order valence-electron chi connectivity index (χ0n) is 10.6. The number of aryl methyl sites for hydroxylation is 1. The summed E-state index contributed by atoms with van der Waals surface area (Å²) < 4.78 is 6.81. The van der Waals surface area contributed by atoms with Gasteiger partial charge in [0.2, 0.25) is 5.88 Å². The van der Waals surface area contributed by atoms with E-state index in [0.717, 1.165) is 24.2 Å². The van der Waals surface area contributed by atoms with Gasteiger partial charge in [-0.25, -0.2) is 4.98 Å². The van der Waals surface area contributed by atoms with Crippen LogP contribution in [0.1, 0.15) is 30.7 Å². The molecule has 0 spiro atoms. The molecule has 5 heteroatoms. The topological polar surface area (TPSA) is 60.2 Å². The molecule has 1 atom stereocenters. The lowest BCUT2D eigenvalue weighted by atomic mass is 10.1. The van der Waals surface area contributed by atoms with Crippen molar-refractivity contribution < 1.29 is 9.84 Å². The van der Waals surface area contributed by atoms with Crippen LogP contribution in [0.2, 0.25) is 0 Å². The largest absolute Gasteiger partial charge is 0.481 e. The molecule has 2 aromatic rings. The number of aromatic nitrogens is 3. The Hall–Kier alpha value is -1.88. The van der Waals surface area contributed by atoms with Gasteiger partial charge in [0.15, 0.2) is 0 Å². The van der Waals surface area contributed by atoms with Crippen molar-refractivity contribution in [3.63, 3.8) is 0 Å². The van der Waals surface area contributed by atoms with Crippen molar-refractivity contribution in [2.24, 2.45) is 0 Å². The highest BCUT2D eigenvalue weighted by Crippen LogP contribution is 2.22. The number of hydrogen-bond donors (Lipinski definition) is 1. The van der Waals surface area contributed by atoms with Crippen molar-refractivity contribution in [2.75, 3.05) is 7.11 Å². The van der Waals surface area contributed by atoms with Gasteiger partial charge in [0.05, 0.1) is 12.8 Å². The van der Waals surface area contributed by atoms with Crippen molar-refractivity contribution in [2.45, 2.75) is 26.0 Å². The Morgan fingerprint density at radius 2 is 2.22 bits per heavy atom. The van der Waals surface area contributed by atoms with Crippen LogP contribution in [0.15, 0.2) is 30.6 Å². The fraction of sp³-hybridized carbons (Fsp3) is 0.385. The summed E-state index contributed by atoms with van der Waals surface area (Å²) in [6.45, 7) is 2.87. The van der Waals surface area contributed by atoms with Crippen LogP contribution in [-0.4, -0.2) is 27.0 Å². The van der Waals surface area contributed by atoms with E-state index in [2.05, 4.69) is 17.0 Å². The van der Waals surface area contributed by atoms with Crippen molar-refractivity contribution in [1.29, 1.82) is 0 Å². The summed E-state index contributed by atoms with van der Waals surface area (Å²) in [5.74, 6) is 0.535. The van der Waals surface area contributed by atoms with Gasteiger partial charge < -0.3 is 9.84 Å². The normalized spacial score (nSPS) is 12.4. The van der Waals surface area contributed by atoms with Gasteiger partial charge in [-0.3, -0.25) is 4.68 Å². The highest BCUT2D eigenvalue weighted by atomic mass is 16.5. The molecule has 0 aliphatic carbocycles. The van der Waals surface area contributed by atoms with Gasteiger partial charge >= 0.3 is 0 Å². The Kier molecular flexibility index (Phi) is 3.94. The zero-order valence-corrected chi connectivity index (χ0v) is 10.6. The Balaban J connectivity index is 2.23. The first-order valence-corrected chi connectivity index (χ1v) is 5.96. The predicted octanol–water partition coefficient (Wildman–Crippen LogP) is 1.78.